The number of nitrogens with zero attached hydrogens (tertiary/aromatic N) is 2. The Morgan fingerprint density at radius 3 is 1.48 bits per heavy atom. The van der Waals surface area contributed by atoms with Gasteiger partial charge in [-0.2, -0.15) is 0 Å². The number of benzene rings is 2. The number of halogens is 2. The van der Waals surface area contributed by atoms with E-state index >= 15 is 0 Å². The number of methoxy groups -OCH3 is 1. The van der Waals surface area contributed by atoms with E-state index in [1.165, 1.54) is 30.7 Å². The Hall–Kier alpha value is -2.40. The summed E-state index contributed by atoms with van der Waals surface area (Å²) in [6, 6.07) is 12.3. The van der Waals surface area contributed by atoms with Crippen molar-refractivity contribution in [2.75, 3.05) is 58.4 Å². The van der Waals surface area contributed by atoms with Crippen molar-refractivity contribution in [3.63, 3.8) is 0 Å². The normalized spacial score (nSPS) is 10.4. The van der Waals surface area contributed by atoms with Gasteiger partial charge in [0, 0.05) is 19.8 Å². The number of hydrogen-bond acceptors (Lipinski definition) is 7. The molecule has 2 aromatic rings. The van der Waals surface area contributed by atoms with Crippen LogP contribution in [0, 0.1) is 27.7 Å². The highest BCUT2D eigenvalue weighted by atomic mass is 79.9. The molecule has 0 amide bonds. The summed E-state index contributed by atoms with van der Waals surface area (Å²) in [7, 11) is 1.35. The highest BCUT2D eigenvalue weighted by Gasteiger charge is 2.28. The van der Waals surface area contributed by atoms with Crippen LogP contribution in [-0.2, 0) is 41.5 Å². The molecule has 8 nitrogen and oxygen atoms in total. The number of aryl methyl sites for hydroxylation is 4. The average molecular weight is 773 g/mol. The molecule has 10 heteroatoms. The van der Waals surface area contributed by atoms with Gasteiger partial charge in [0.05, 0.1) is 26.7 Å². The Bertz CT molecular complexity index is 1180. The van der Waals surface area contributed by atoms with Gasteiger partial charge in [-0.05, 0) is 88.0 Å². The standard InChI is InChI=1S/C18H28NO3.C15H23NO.C3H5BrO2.BrH/c1-6-19(7-2,13-22-16(5)20)12-17(21)11-18-14(3)9-8-10-15(18)4;1-5-16(6-2)11-14(17)10-15-12(3)8-7-9-13(15)4;1-6-3(5)2-4;/h8-10H,6-7,11-13H2,1-5H3;7-9H,5-6,10-11H2,1-4H3;2H2,1H3;1H/q+1;;;/p-1. The van der Waals surface area contributed by atoms with Gasteiger partial charge in [0.2, 0.25) is 6.73 Å². The third-order valence-electron chi connectivity index (χ3n) is 8.06. The summed E-state index contributed by atoms with van der Waals surface area (Å²) >= 11 is 2.90. The van der Waals surface area contributed by atoms with Gasteiger partial charge >= 0.3 is 11.9 Å². The van der Waals surface area contributed by atoms with E-state index in [2.05, 4.69) is 65.4 Å². The number of quaternary nitrogens is 1. The molecule has 2 rings (SSSR count). The number of hydrogen-bond donors (Lipinski definition) is 0. The molecule has 0 saturated heterocycles. The molecular weight excluding hydrogens is 716 g/mol. The van der Waals surface area contributed by atoms with Crippen molar-refractivity contribution in [1.29, 1.82) is 0 Å². The van der Waals surface area contributed by atoms with Gasteiger partial charge in [-0.3, -0.25) is 28.6 Å². The van der Waals surface area contributed by atoms with Gasteiger partial charge in [-0.25, -0.2) is 0 Å². The Morgan fingerprint density at radius 1 is 0.761 bits per heavy atom. The summed E-state index contributed by atoms with van der Waals surface area (Å²) in [5.74, 6) is -0.0408. The van der Waals surface area contributed by atoms with Crippen LogP contribution < -0.4 is 17.0 Å². The van der Waals surface area contributed by atoms with Crippen molar-refractivity contribution in [3.8, 4) is 0 Å². The predicted molar refractivity (Wildman–Crippen MR) is 186 cm³/mol. The van der Waals surface area contributed by atoms with E-state index in [9.17, 15) is 19.2 Å². The minimum atomic E-state index is -0.299. The van der Waals surface area contributed by atoms with Crippen LogP contribution in [0.25, 0.3) is 0 Å². The van der Waals surface area contributed by atoms with E-state index in [4.69, 9.17) is 4.74 Å². The van der Waals surface area contributed by atoms with Crippen molar-refractivity contribution in [1.82, 2.24) is 4.90 Å². The van der Waals surface area contributed by atoms with Gasteiger partial charge in [-0.15, -0.1) is 0 Å². The monoisotopic (exact) mass is 770 g/mol. The molecule has 0 saturated carbocycles. The molecule has 0 aliphatic rings. The maximum absolute atomic E-state index is 12.5. The SMILES string of the molecule is CCN(CC)CC(=O)Cc1c(C)cccc1C.CC[N+](CC)(COC(C)=O)CC(=O)Cc1c(C)cccc1C.COC(=O)CBr.[Br-]. The Balaban J connectivity index is 0. The lowest BCUT2D eigenvalue weighted by molar-refractivity contribution is -0.933. The third kappa shape index (κ3) is 17.5. The van der Waals surface area contributed by atoms with Gasteiger partial charge in [0.1, 0.15) is 11.9 Å². The molecular formula is C36H56Br2N2O6. The average Bonchev–Trinajstić information content (AvgIpc) is 3.02. The summed E-state index contributed by atoms with van der Waals surface area (Å²) in [6.45, 7) is 22.5. The number of carbonyl (C=O) groups excluding carboxylic acids is 4. The zero-order chi connectivity index (χ0) is 34.6. The van der Waals surface area contributed by atoms with Crippen LogP contribution in [0.5, 0.6) is 0 Å². The van der Waals surface area contributed by atoms with Crippen molar-refractivity contribution >= 4 is 39.4 Å². The van der Waals surface area contributed by atoms with Gasteiger partial charge in [0.25, 0.3) is 0 Å². The smallest absolute Gasteiger partial charge is 0.316 e. The number of likely N-dealkylation sites (N-methyl/N-ethyl adjacent to an activating group) is 2. The van der Waals surface area contributed by atoms with Crippen molar-refractivity contribution in [3.05, 3.63) is 69.8 Å². The van der Waals surface area contributed by atoms with Crippen LogP contribution in [-0.4, -0.2) is 91.3 Å². The second-order valence-electron chi connectivity index (χ2n) is 11.2. The highest BCUT2D eigenvalue weighted by molar-refractivity contribution is 9.09. The van der Waals surface area contributed by atoms with Crippen molar-refractivity contribution < 1.29 is 50.1 Å². The van der Waals surface area contributed by atoms with Gasteiger partial charge in [-0.1, -0.05) is 66.2 Å². The molecule has 0 atom stereocenters. The summed E-state index contributed by atoms with van der Waals surface area (Å²) in [4.78, 5) is 47.7. The fraction of sp³-hybridized carbons (Fsp3) is 0.556. The molecule has 0 heterocycles. The summed E-state index contributed by atoms with van der Waals surface area (Å²) < 4.78 is 9.87. The maximum Gasteiger partial charge on any atom is 0.316 e. The molecule has 0 aliphatic heterocycles. The quantitative estimate of drug-likeness (QED) is 0.119. The van der Waals surface area contributed by atoms with Crippen molar-refractivity contribution in [2.45, 2.75) is 75.2 Å². The van der Waals surface area contributed by atoms with Crippen LogP contribution in [0.15, 0.2) is 36.4 Å². The second-order valence-corrected chi connectivity index (χ2v) is 11.8. The summed E-state index contributed by atoms with van der Waals surface area (Å²) in [6.07, 6.45) is 1.01. The number of carbonyl (C=O) groups is 4. The Kier molecular flexibility index (Phi) is 24.6. The first kappa shape index (κ1) is 45.7. The number of Topliss-reactive ketones (excluding diaryl/α,β-unsaturated/α-hetero) is 2. The van der Waals surface area contributed by atoms with Gasteiger partial charge in [0.15, 0.2) is 11.6 Å². The number of rotatable bonds is 15. The fourth-order valence-corrected chi connectivity index (χ4v) is 5.02. The van der Waals surface area contributed by atoms with E-state index in [1.807, 2.05) is 52.0 Å². The van der Waals surface area contributed by atoms with Crippen molar-refractivity contribution in [2.24, 2.45) is 0 Å². The lowest BCUT2D eigenvalue weighted by Gasteiger charge is -2.35. The number of esters is 2. The minimum absolute atomic E-state index is 0. The molecule has 0 unspecified atom stereocenters. The Labute approximate surface area is 296 Å². The molecule has 0 N–H and O–H groups in total. The minimum Gasteiger partial charge on any atom is -1.00 e. The number of ketones is 2. The van der Waals surface area contributed by atoms with Crippen LogP contribution in [0.1, 0.15) is 68.0 Å². The van der Waals surface area contributed by atoms with E-state index < -0.39 is 0 Å². The fourth-order valence-electron chi connectivity index (χ4n) is 4.79. The van der Waals surface area contributed by atoms with E-state index in [-0.39, 0.29) is 46.8 Å². The zero-order valence-corrected chi connectivity index (χ0v) is 32.8. The molecule has 0 radical (unpaired) electrons. The largest absolute Gasteiger partial charge is 1.00 e. The molecule has 0 bridgehead atoms. The third-order valence-corrected chi connectivity index (χ3v) is 8.52. The first-order valence-electron chi connectivity index (χ1n) is 15.7. The molecule has 0 aromatic heterocycles. The first-order chi connectivity index (χ1) is 21.2. The second kappa shape index (κ2) is 24.7. The summed E-state index contributed by atoms with van der Waals surface area (Å²) in [5.41, 5.74) is 7.06. The Morgan fingerprint density at radius 2 is 1.17 bits per heavy atom. The molecule has 0 aliphatic carbocycles. The lowest BCUT2D eigenvalue weighted by atomic mass is 9.98. The molecule has 260 valence electrons. The van der Waals surface area contributed by atoms with E-state index in [0.29, 0.717) is 36.2 Å². The molecule has 2 aromatic carbocycles. The number of alkyl halides is 1. The van der Waals surface area contributed by atoms with Crippen LogP contribution in [0.2, 0.25) is 0 Å². The molecule has 46 heavy (non-hydrogen) atoms. The maximum atomic E-state index is 12.5. The summed E-state index contributed by atoms with van der Waals surface area (Å²) in [5, 5.41) is 0.281. The van der Waals surface area contributed by atoms with E-state index in [0.717, 1.165) is 42.9 Å². The van der Waals surface area contributed by atoms with E-state index in [1.54, 1.807) is 0 Å². The van der Waals surface area contributed by atoms with Crippen LogP contribution >= 0.6 is 15.9 Å². The highest BCUT2D eigenvalue weighted by Crippen LogP contribution is 2.16. The number of ether oxygens (including phenoxy) is 2. The zero-order valence-electron chi connectivity index (χ0n) is 29.6. The van der Waals surface area contributed by atoms with Crippen LogP contribution in [0.4, 0.5) is 0 Å². The predicted octanol–water partition coefficient (Wildman–Crippen LogP) is 3.11. The lowest BCUT2D eigenvalue weighted by Crippen LogP contribution is -3.00. The molecule has 0 fully saturated rings. The first-order valence-corrected chi connectivity index (χ1v) is 16.8. The van der Waals surface area contributed by atoms with Crippen LogP contribution in [0.3, 0.4) is 0 Å². The topological polar surface area (TPSA) is 90.0 Å². The molecule has 0 spiro atoms. The van der Waals surface area contributed by atoms with Gasteiger partial charge < -0.3 is 26.5 Å².